The molecule has 36 heavy (non-hydrogen) atoms. The molecule has 6 N–H and O–H groups in total. The number of ether oxygens (including phenoxy) is 2. The summed E-state index contributed by atoms with van der Waals surface area (Å²) in [5.41, 5.74) is 10.0. The topological polar surface area (TPSA) is 139 Å². The number of aromatic nitrogens is 1. The van der Waals surface area contributed by atoms with Crippen molar-refractivity contribution in [3.63, 3.8) is 0 Å². The van der Waals surface area contributed by atoms with Crippen molar-refractivity contribution >= 4 is 28.2 Å². The molecule has 9 heteroatoms. The molecular formula is C27H36N4O5. The summed E-state index contributed by atoms with van der Waals surface area (Å²) < 4.78 is 11.5. The van der Waals surface area contributed by atoms with E-state index in [-0.39, 0.29) is 12.2 Å². The van der Waals surface area contributed by atoms with Gasteiger partial charge in [-0.05, 0) is 50.5 Å². The number of aliphatic hydroxyl groups excluding tert-OH is 2. The molecule has 0 bridgehead atoms. The van der Waals surface area contributed by atoms with Crippen molar-refractivity contribution in [2.24, 2.45) is 5.73 Å². The normalized spacial score (nSPS) is 12.8. The second kappa shape index (κ2) is 12.5. The van der Waals surface area contributed by atoms with E-state index in [1.165, 1.54) is 6.20 Å². The highest BCUT2D eigenvalue weighted by molar-refractivity contribution is 6.08. The number of nitrogens with zero attached hydrogens (tertiary/aromatic N) is 1. The molecule has 0 unspecified atom stereocenters. The molecule has 0 saturated carbocycles. The summed E-state index contributed by atoms with van der Waals surface area (Å²) in [5.74, 6) is 0.536. The number of hydrogen-bond donors (Lipinski definition) is 5. The van der Waals surface area contributed by atoms with Crippen molar-refractivity contribution in [2.45, 2.75) is 52.8 Å². The third-order valence-electron chi connectivity index (χ3n) is 6.02. The van der Waals surface area contributed by atoms with Crippen LogP contribution in [0.2, 0.25) is 0 Å². The first kappa shape index (κ1) is 27.2. The Morgan fingerprint density at radius 1 is 1.14 bits per heavy atom. The van der Waals surface area contributed by atoms with E-state index in [9.17, 15) is 15.0 Å². The highest BCUT2D eigenvalue weighted by Crippen LogP contribution is 2.38. The minimum atomic E-state index is -0.691. The van der Waals surface area contributed by atoms with E-state index in [0.717, 1.165) is 16.8 Å². The number of fused-ring (bicyclic) bond motifs is 1. The van der Waals surface area contributed by atoms with Gasteiger partial charge in [-0.15, -0.1) is 0 Å². The van der Waals surface area contributed by atoms with Gasteiger partial charge in [0, 0.05) is 29.9 Å². The van der Waals surface area contributed by atoms with Crippen LogP contribution in [0.3, 0.4) is 0 Å². The molecule has 194 valence electrons. The summed E-state index contributed by atoms with van der Waals surface area (Å²) in [6, 6.07) is 9.03. The fourth-order valence-electron chi connectivity index (χ4n) is 4.16. The van der Waals surface area contributed by atoms with E-state index in [0.29, 0.717) is 54.3 Å². The van der Waals surface area contributed by atoms with E-state index in [2.05, 4.69) is 15.6 Å². The van der Waals surface area contributed by atoms with Gasteiger partial charge in [0.15, 0.2) is 11.5 Å². The van der Waals surface area contributed by atoms with E-state index >= 15 is 0 Å². The molecule has 0 aliphatic carbocycles. The first-order chi connectivity index (χ1) is 17.3. The zero-order valence-electron chi connectivity index (χ0n) is 21.3. The summed E-state index contributed by atoms with van der Waals surface area (Å²) in [4.78, 5) is 16.8. The third kappa shape index (κ3) is 6.04. The van der Waals surface area contributed by atoms with Gasteiger partial charge in [0.1, 0.15) is 0 Å². The van der Waals surface area contributed by atoms with Crippen LogP contribution in [-0.2, 0) is 13.0 Å². The zero-order valence-corrected chi connectivity index (χ0v) is 21.3. The average molecular weight is 497 g/mol. The molecule has 3 rings (SSSR count). The summed E-state index contributed by atoms with van der Waals surface area (Å²) >= 11 is 0. The van der Waals surface area contributed by atoms with Gasteiger partial charge in [0.05, 0.1) is 48.7 Å². The second-order valence-electron chi connectivity index (χ2n) is 8.43. The third-order valence-corrected chi connectivity index (χ3v) is 6.02. The number of pyridine rings is 1. The first-order valence-electron chi connectivity index (χ1n) is 12.3. The number of nitrogens with one attached hydrogen (secondary N) is 2. The number of aliphatic hydroxyl groups is 2. The van der Waals surface area contributed by atoms with Crippen molar-refractivity contribution in [1.82, 2.24) is 10.3 Å². The SMILES string of the molecule is CCOc1cc2ncc(C(N)=O)c(Nc3cccc(CN[C@H](CO)[C@H](C)O)c3CC)c2cc1OCC. The predicted molar refractivity (Wildman–Crippen MR) is 141 cm³/mol. The quantitative estimate of drug-likeness (QED) is 0.243. The lowest BCUT2D eigenvalue weighted by Crippen LogP contribution is -2.40. The standard InChI is InChI=1S/C27H36N4O5/c1-5-18-17(13-29-23(15-32)16(4)33)9-8-10-21(18)31-26-19-11-24(35-6-2)25(36-7-3)12-22(19)30-14-20(26)27(28)34/h8-12,14,16,23,29,32-33H,5-7,13,15H2,1-4H3,(H2,28,34)(H,30,31)/t16-,23+/m0/s1. The van der Waals surface area contributed by atoms with Crippen molar-refractivity contribution in [3.05, 3.63) is 53.2 Å². The summed E-state index contributed by atoms with van der Waals surface area (Å²) in [5, 5.41) is 26.7. The van der Waals surface area contributed by atoms with Crippen LogP contribution in [0, 0.1) is 0 Å². The van der Waals surface area contributed by atoms with Crippen LogP contribution in [0.5, 0.6) is 11.5 Å². The molecule has 2 atom stereocenters. The van der Waals surface area contributed by atoms with Crippen molar-refractivity contribution in [3.8, 4) is 11.5 Å². The summed E-state index contributed by atoms with van der Waals surface area (Å²) in [6.07, 6.45) is 1.49. The van der Waals surface area contributed by atoms with Gasteiger partial charge >= 0.3 is 0 Å². The number of hydrogen-bond acceptors (Lipinski definition) is 8. The predicted octanol–water partition coefficient (Wildman–Crippen LogP) is 3.27. The largest absolute Gasteiger partial charge is 0.490 e. The van der Waals surface area contributed by atoms with Gasteiger partial charge in [-0.2, -0.15) is 0 Å². The van der Waals surface area contributed by atoms with E-state index < -0.39 is 18.1 Å². The van der Waals surface area contributed by atoms with Gasteiger partial charge in [-0.3, -0.25) is 9.78 Å². The van der Waals surface area contributed by atoms with Gasteiger partial charge < -0.3 is 36.1 Å². The Balaban J connectivity index is 2.10. The fourth-order valence-corrected chi connectivity index (χ4v) is 4.16. The number of carbonyl (C=O) groups is 1. The number of nitrogens with two attached hydrogens (primary N) is 1. The fraction of sp³-hybridized carbons (Fsp3) is 0.407. The van der Waals surface area contributed by atoms with Crippen molar-refractivity contribution in [2.75, 3.05) is 25.1 Å². The Kier molecular flexibility index (Phi) is 9.46. The van der Waals surface area contributed by atoms with E-state index in [4.69, 9.17) is 15.2 Å². The molecule has 0 aliphatic heterocycles. The molecule has 0 fully saturated rings. The molecular weight excluding hydrogens is 460 g/mol. The van der Waals surface area contributed by atoms with E-state index in [1.54, 1.807) is 13.0 Å². The maximum atomic E-state index is 12.4. The average Bonchev–Trinajstić information content (AvgIpc) is 2.85. The smallest absolute Gasteiger partial charge is 0.252 e. The molecule has 1 amide bonds. The van der Waals surface area contributed by atoms with Gasteiger partial charge in [0.25, 0.3) is 5.91 Å². The molecule has 1 heterocycles. The Labute approximate surface area is 211 Å². The monoisotopic (exact) mass is 496 g/mol. The first-order valence-corrected chi connectivity index (χ1v) is 12.3. The van der Waals surface area contributed by atoms with Crippen LogP contribution in [0.4, 0.5) is 11.4 Å². The van der Waals surface area contributed by atoms with E-state index in [1.807, 2.05) is 45.0 Å². The minimum absolute atomic E-state index is 0.173. The highest BCUT2D eigenvalue weighted by Gasteiger charge is 2.19. The number of amides is 1. The van der Waals surface area contributed by atoms with Gasteiger partial charge in [-0.1, -0.05) is 19.1 Å². The van der Waals surface area contributed by atoms with Gasteiger partial charge in [-0.25, -0.2) is 0 Å². The molecule has 3 aromatic rings. The molecule has 0 radical (unpaired) electrons. The molecule has 2 aromatic carbocycles. The summed E-state index contributed by atoms with van der Waals surface area (Å²) in [7, 11) is 0. The van der Waals surface area contributed by atoms with Gasteiger partial charge in [0.2, 0.25) is 0 Å². The number of benzene rings is 2. The Morgan fingerprint density at radius 2 is 1.83 bits per heavy atom. The lowest BCUT2D eigenvalue weighted by molar-refractivity contribution is 0.0999. The van der Waals surface area contributed by atoms with Crippen molar-refractivity contribution < 1.29 is 24.5 Å². The minimum Gasteiger partial charge on any atom is -0.490 e. The maximum Gasteiger partial charge on any atom is 0.252 e. The number of primary amides is 1. The molecule has 0 aliphatic rings. The van der Waals surface area contributed by atoms with Crippen LogP contribution >= 0.6 is 0 Å². The Morgan fingerprint density at radius 3 is 2.42 bits per heavy atom. The number of anilines is 2. The summed E-state index contributed by atoms with van der Waals surface area (Å²) in [6.45, 7) is 8.69. The molecule has 0 spiro atoms. The van der Waals surface area contributed by atoms with Crippen LogP contribution in [0.15, 0.2) is 36.5 Å². The Hall–Kier alpha value is -3.40. The maximum absolute atomic E-state index is 12.4. The number of rotatable bonds is 13. The van der Waals surface area contributed by atoms with Crippen LogP contribution in [-0.4, -0.2) is 53.1 Å². The molecule has 0 saturated heterocycles. The van der Waals surface area contributed by atoms with Crippen molar-refractivity contribution in [1.29, 1.82) is 0 Å². The van der Waals surface area contributed by atoms with Crippen LogP contribution in [0.25, 0.3) is 10.9 Å². The Bertz CT molecular complexity index is 1200. The second-order valence-corrected chi connectivity index (χ2v) is 8.43. The van der Waals surface area contributed by atoms with Crippen LogP contribution < -0.4 is 25.8 Å². The molecule has 1 aromatic heterocycles. The zero-order chi connectivity index (χ0) is 26.2. The molecule has 9 nitrogen and oxygen atoms in total. The lowest BCUT2D eigenvalue weighted by atomic mass is 10.0. The number of carbonyl (C=O) groups excluding carboxylic acids is 1. The van der Waals surface area contributed by atoms with Crippen LogP contribution in [0.1, 0.15) is 49.2 Å². The highest BCUT2D eigenvalue weighted by atomic mass is 16.5. The lowest BCUT2D eigenvalue weighted by Gasteiger charge is -2.22.